The van der Waals surface area contributed by atoms with Crippen molar-refractivity contribution in [3.8, 4) is 0 Å². The van der Waals surface area contributed by atoms with Crippen molar-refractivity contribution in [2.45, 2.75) is 33.7 Å². The lowest BCUT2D eigenvalue weighted by atomic mass is 10.3. The minimum absolute atomic E-state index is 0.954. The van der Waals surface area contributed by atoms with Gasteiger partial charge in [0.2, 0.25) is 0 Å². The molecule has 4 nitrogen and oxygen atoms in total. The predicted octanol–water partition coefficient (Wildman–Crippen LogP) is 2.09. The van der Waals surface area contributed by atoms with Gasteiger partial charge < -0.3 is 10.2 Å². The van der Waals surface area contributed by atoms with Gasteiger partial charge >= 0.3 is 0 Å². The number of hydrogen-bond acceptors (Lipinski definition) is 5. The van der Waals surface area contributed by atoms with Gasteiger partial charge in [-0.05, 0) is 26.4 Å². The van der Waals surface area contributed by atoms with E-state index in [9.17, 15) is 0 Å². The highest BCUT2D eigenvalue weighted by Gasteiger charge is 2.19. The highest BCUT2D eigenvalue weighted by Crippen LogP contribution is 2.26. The van der Waals surface area contributed by atoms with Crippen molar-refractivity contribution in [1.82, 2.24) is 15.2 Å². The first-order valence-electron chi connectivity index (χ1n) is 7.39. The van der Waals surface area contributed by atoms with Crippen molar-refractivity contribution < 1.29 is 0 Å². The van der Waals surface area contributed by atoms with Crippen LogP contribution in [0.4, 0.5) is 5.13 Å². The lowest BCUT2D eigenvalue weighted by molar-refractivity contribution is 0.258. The first-order chi connectivity index (χ1) is 9.24. The van der Waals surface area contributed by atoms with E-state index < -0.39 is 0 Å². The van der Waals surface area contributed by atoms with Crippen LogP contribution in [0.5, 0.6) is 0 Å². The molecule has 1 aromatic heterocycles. The average molecular weight is 282 g/mol. The summed E-state index contributed by atoms with van der Waals surface area (Å²) in [5, 5.41) is 4.60. The molecular formula is C14H26N4S. The fourth-order valence-corrected chi connectivity index (χ4v) is 3.51. The van der Waals surface area contributed by atoms with E-state index in [2.05, 4.69) is 35.9 Å². The van der Waals surface area contributed by atoms with Crippen LogP contribution in [0.15, 0.2) is 0 Å². The van der Waals surface area contributed by atoms with Crippen LogP contribution in [0.25, 0.3) is 0 Å². The molecule has 19 heavy (non-hydrogen) atoms. The second-order valence-electron chi connectivity index (χ2n) is 5.11. The van der Waals surface area contributed by atoms with Gasteiger partial charge in [-0.1, -0.05) is 13.8 Å². The standard InChI is InChI=1S/C14H26N4S/c1-4-6-17-7-9-18(10-8-17)14-16-12(3)13(19-14)11-15-5-2/h15H,4-11H2,1-3H3. The number of nitrogens with one attached hydrogen (secondary N) is 1. The van der Waals surface area contributed by atoms with Crippen LogP contribution in [-0.2, 0) is 6.54 Å². The van der Waals surface area contributed by atoms with E-state index in [-0.39, 0.29) is 0 Å². The van der Waals surface area contributed by atoms with E-state index in [0.29, 0.717) is 0 Å². The smallest absolute Gasteiger partial charge is 0.185 e. The molecule has 1 aliphatic heterocycles. The van der Waals surface area contributed by atoms with Gasteiger partial charge in [0.05, 0.1) is 5.69 Å². The monoisotopic (exact) mass is 282 g/mol. The van der Waals surface area contributed by atoms with Crippen LogP contribution in [0.1, 0.15) is 30.8 Å². The molecule has 1 N–H and O–H groups in total. The summed E-state index contributed by atoms with van der Waals surface area (Å²) < 4.78 is 0. The Morgan fingerprint density at radius 1 is 1.21 bits per heavy atom. The van der Waals surface area contributed by atoms with Crippen LogP contribution < -0.4 is 10.2 Å². The van der Waals surface area contributed by atoms with Crippen LogP contribution >= 0.6 is 11.3 Å². The Morgan fingerprint density at radius 2 is 1.95 bits per heavy atom. The molecule has 0 aromatic carbocycles. The van der Waals surface area contributed by atoms with E-state index in [1.165, 1.54) is 41.8 Å². The van der Waals surface area contributed by atoms with Crippen molar-refractivity contribution >= 4 is 16.5 Å². The maximum atomic E-state index is 4.74. The number of aromatic nitrogens is 1. The molecule has 2 rings (SSSR count). The molecule has 0 saturated carbocycles. The SMILES string of the molecule is CCCN1CCN(c2nc(C)c(CNCC)s2)CC1. The summed E-state index contributed by atoms with van der Waals surface area (Å²) in [6.45, 7) is 14.3. The van der Waals surface area contributed by atoms with Gasteiger partial charge in [0.25, 0.3) is 0 Å². The second kappa shape index (κ2) is 7.22. The number of anilines is 1. The predicted molar refractivity (Wildman–Crippen MR) is 83.2 cm³/mol. The Hall–Kier alpha value is -0.650. The molecule has 1 saturated heterocycles. The molecule has 1 aromatic rings. The largest absolute Gasteiger partial charge is 0.346 e. The maximum Gasteiger partial charge on any atom is 0.185 e. The first kappa shape index (κ1) is 14.8. The van der Waals surface area contributed by atoms with Gasteiger partial charge in [-0.2, -0.15) is 0 Å². The number of thiazole rings is 1. The van der Waals surface area contributed by atoms with Crippen LogP contribution in [0.3, 0.4) is 0 Å². The lowest BCUT2D eigenvalue weighted by Crippen LogP contribution is -2.46. The third kappa shape index (κ3) is 3.91. The zero-order chi connectivity index (χ0) is 13.7. The second-order valence-corrected chi connectivity index (χ2v) is 6.18. The van der Waals surface area contributed by atoms with E-state index in [0.717, 1.165) is 26.2 Å². The summed E-state index contributed by atoms with van der Waals surface area (Å²) in [4.78, 5) is 11.1. The molecule has 0 unspecified atom stereocenters. The molecule has 5 heteroatoms. The van der Waals surface area contributed by atoms with Crippen molar-refractivity contribution in [2.24, 2.45) is 0 Å². The topological polar surface area (TPSA) is 31.4 Å². The molecule has 0 aliphatic carbocycles. The zero-order valence-corrected chi connectivity index (χ0v) is 13.2. The first-order valence-corrected chi connectivity index (χ1v) is 8.20. The average Bonchev–Trinajstić information content (AvgIpc) is 2.79. The molecule has 108 valence electrons. The highest BCUT2D eigenvalue weighted by atomic mass is 32.1. The third-order valence-corrected chi connectivity index (χ3v) is 4.82. The normalized spacial score (nSPS) is 17.1. The number of rotatable bonds is 6. The van der Waals surface area contributed by atoms with E-state index >= 15 is 0 Å². The Balaban J connectivity index is 1.92. The van der Waals surface area contributed by atoms with Crippen molar-refractivity contribution in [1.29, 1.82) is 0 Å². The maximum absolute atomic E-state index is 4.74. The minimum Gasteiger partial charge on any atom is -0.346 e. The molecular weight excluding hydrogens is 256 g/mol. The highest BCUT2D eigenvalue weighted by molar-refractivity contribution is 7.15. The van der Waals surface area contributed by atoms with Gasteiger partial charge in [0.1, 0.15) is 0 Å². The van der Waals surface area contributed by atoms with E-state index in [4.69, 9.17) is 4.98 Å². The van der Waals surface area contributed by atoms with Gasteiger partial charge in [0.15, 0.2) is 5.13 Å². The summed E-state index contributed by atoms with van der Waals surface area (Å²) in [6.07, 6.45) is 1.25. The molecule has 0 bridgehead atoms. The fraction of sp³-hybridized carbons (Fsp3) is 0.786. The molecule has 1 aliphatic rings. The summed E-state index contributed by atoms with van der Waals surface area (Å²) in [5.74, 6) is 0. The van der Waals surface area contributed by atoms with Crippen LogP contribution in [0, 0.1) is 6.92 Å². The van der Waals surface area contributed by atoms with Crippen molar-refractivity contribution in [2.75, 3.05) is 44.2 Å². The molecule has 0 radical (unpaired) electrons. The molecule has 0 spiro atoms. The Morgan fingerprint density at radius 3 is 2.58 bits per heavy atom. The minimum atomic E-state index is 0.954. The van der Waals surface area contributed by atoms with Crippen molar-refractivity contribution in [3.05, 3.63) is 10.6 Å². The molecule has 0 atom stereocenters. The number of hydrogen-bond donors (Lipinski definition) is 1. The van der Waals surface area contributed by atoms with Crippen LogP contribution in [0.2, 0.25) is 0 Å². The van der Waals surface area contributed by atoms with E-state index in [1.54, 1.807) is 0 Å². The zero-order valence-electron chi connectivity index (χ0n) is 12.4. The Labute approximate surface area is 120 Å². The summed E-state index contributed by atoms with van der Waals surface area (Å²) >= 11 is 1.85. The molecule has 0 amide bonds. The Kier molecular flexibility index (Phi) is 5.60. The van der Waals surface area contributed by atoms with Crippen LogP contribution in [-0.4, -0.2) is 49.2 Å². The van der Waals surface area contributed by atoms with Gasteiger partial charge in [-0.3, -0.25) is 4.90 Å². The van der Waals surface area contributed by atoms with Gasteiger partial charge in [-0.15, -0.1) is 11.3 Å². The van der Waals surface area contributed by atoms with Gasteiger partial charge in [0, 0.05) is 37.6 Å². The number of piperazine rings is 1. The number of aryl methyl sites for hydroxylation is 1. The summed E-state index contributed by atoms with van der Waals surface area (Å²) in [6, 6.07) is 0. The fourth-order valence-electron chi connectivity index (χ4n) is 2.43. The lowest BCUT2D eigenvalue weighted by Gasteiger charge is -2.34. The van der Waals surface area contributed by atoms with E-state index in [1.807, 2.05) is 11.3 Å². The van der Waals surface area contributed by atoms with Crippen molar-refractivity contribution in [3.63, 3.8) is 0 Å². The molecule has 1 fully saturated rings. The quantitative estimate of drug-likeness (QED) is 0.866. The molecule has 2 heterocycles. The summed E-state index contributed by atoms with van der Waals surface area (Å²) in [7, 11) is 0. The van der Waals surface area contributed by atoms with Gasteiger partial charge in [-0.25, -0.2) is 4.98 Å². The number of nitrogens with zero attached hydrogens (tertiary/aromatic N) is 3. The Bertz CT molecular complexity index is 383. The third-order valence-electron chi connectivity index (χ3n) is 3.60. The summed E-state index contributed by atoms with van der Waals surface area (Å²) in [5.41, 5.74) is 1.19.